The third-order valence-electron chi connectivity index (χ3n) is 4.55. The fraction of sp³-hybridized carbons (Fsp3) is 0.941. The highest BCUT2D eigenvalue weighted by molar-refractivity contribution is 5.78. The number of nitrogens with zero attached hydrogens (tertiary/aromatic N) is 1. The van der Waals surface area contributed by atoms with Gasteiger partial charge in [-0.15, -0.1) is 0 Å². The van der Waals surface area contributed by atoms with Crippen LogP contribution in [0.1, 0.15) is 66.2 Å². The third kappa shape index (κ3) is 6.35. The molecule has 1 aliphatic heterocycles. The van der Waals surface area contributed by atoms with Crippen LogP contribution < -0.4 is 5.32 Å². The smallest absolute Gasteiger partial charge is 0.323 e. The van der Waals surface area contributed by atoms with Gasteiger partial charge in [0.2, 0.25) is 0 Å². The highest BCUT2D eigenvalue weighted by atomic mass is 16.4. The predicted octanol–water partition coefficient (Wildman–Crippen LogP) is 3.12. The summed E-state index contributed by atoms with van der Waals surface area (Å²) >= 11 is 0. The Kier molecular flexibility index (Phi) is 7.67. The van der Waals surface area contributed by atoms with E-state index in [2.05, 4.69) is 17.1 Å². The van der Waals surface area contributed by atoms with Gasteiger partial charge in [-0.05, 0) is 71.9 Å². The van der Waals surface area contributed by atoms with Gasteiger partial charge in [-0.2, -0.15) is 0 Å². The molecule has 2 N–H and O–H groups in total. The van der Waals surface area contributed by atoms with Gasteiger partial charge in [0.05, 0.1) is 0 Å². The van der Waals surface area contributed by atoms with E-state index in [4.69, 9.17) is 0 Å². The molecule has 2 atom stereocenters. The summed E-state index contributed by atoms with van der Waals surface area (Å²) in [4.78, 5) is 14.0. The van der Waals surface area contributed by atoms with Crippen LogP contribution in [0.15, 0.2) is 0 Å². The van der Waals surface area contributed by atoms with Crippen molar-refractivity contribution in [3.05, 3.63) is 0 Å². The predicted molar refractivity (Wildman–Crippen MR) is 87.6 cm³/mol. The Morgan fingerprint density at radius 1 is 1.43 bits per heavy atom. The molecule has 124 valence electrons. The maximum atomic E-state index is 11.4. The number of aliphatic carboxylic acids is 1. The van der Waals surface area contributed by atoms with E-state index in [9.17, 15) is 9.90 Å². The van der Waals surface area contributed by atoms with Crippen LogP contribution in [-0.2, 0) is 4.79 Å². The Bertz CT molecular complexity index is 320. The molecule has 1 heterocycles. The van der Waals surface area contributed by atoms with Crippen LogP contribution in [0.25, 0.3) is 0 Å². The fourth-order valence-electron chi connectivity index (χ4n) is 3.45. The van der Waals surface area contributed by atoms with Crippen molar-refractivity contribution < 1.29 is 9.90 Å². The quantitative estimate of drug-likeness (QED) is 0.608. The molecule has 0 radical (unpaired) electrons. The summed E-state index contributed by atoms with van der Waals surface area (Å²) in [6.45, 7) is 11.7. The van der Waals surface area contributed by atoms with E-state index in [1.54, 1.807) is 0 Å². The maximum Gasteiger partial charge on any atom is 0.323 e. The number of rotatable bonds is 10. The molecule has 0 saturated carbocycles. The maximum absolute atomic E-state index is 11.4. The van der Waals surface area contributed by atoms with Crippen molar-refractivity contribution >= 4 is 5.97 Å². The average Bonchev–Trinajstić information content (AvgIpc) is 2.82. The SMILES string of the molecule is CCCC1CCN(CCCCC(C)(NC(C)C)C(=O)O)C1. The van der Waals surface area contributed by atoms with Gasteiger partial charge in [0.25, 0.3) is 0 Å². The lowest BCUT2D eigenvalue weighted by molar-refractivity contribution is -0.144. The first-order valence-electron chi connectivity index (χ1n) is 8.61. The standard InChI is InChI=1S/C17H34N2O2/c1-5-8-15-9-12-19(13-15)11-7-6-10-17(4,16(20)21)18-14(2)3/h14-15,18H,5-13H2,1-4H3,(H,20,21). The molecular formula is C17H34N2O2. The number of carboxylic acid groups (broad SMARTS) is 1. The van der Waals surface area contributed by atoms with Crippen LogP contribution in [0.5, 0.6) is 0 Å². The van der Waals surface area contributed by atoms with E-state index < -0.39 is 11.5 Å². The first-order valence-corrected chi connectivity index (χ1v) is 8.61. The normalized spacial score (nSPS) is 22.6. The van der Waals surface area contributed by atoms with Crippen LogP contribution in [0, 0.1) is 5.92 Å². The first-order chi connectivity index (χ1) is 9.87. The van der Waals surface area contributed by atoms with Gasteiger partial charge in [-0.3, -0.25) is 10.1 Å². The Labute approximate surface area is 130 Å². The zero-order chi connectivity index (χ0) is 15.9. The van der Waals surface area contributed by atoms with E-state index in [0.29, 0.717) is 6.42 Å². The molecule has 0 spiro atoms. The second kappa shape index (κ2) is 8.74. The zero-order valence-corrected chi connectivity index (χ0v) is 14.3. The Morgan fingerprint density at radius 3 is 2.71 bits per heavy atom. The Hall–Kier alpha value is -0.610. The molecule has 0 aromatic rings. The highest BCUT2D eigenvalue weighted by Crippen LogP contribution is 2.22. The van der Waals surface area contributed by atoms with Gasteiger partial charge in [0.15, 0.2) is 0 Å². The molecule has 0 bridgehead atoms. The lowest BCUT2D eigenvalue weighted by Gasteiger charge is -2.29. The van der Waals surface area contributed by atoms with E-state index in [1.807, 2.05) is 20.8 Å². The van der Waals surface area contributed by atoms with E-state index in [1.165, 1.54) is 32.4 Å². The number of carbonyl (C=O) groups is 1. The Balaban J connectivity index is 2.24. The van der Waals surface area contributed by atoms with Gasteiger partial charge in [-0.1, -0.05) is 13.3 Å². The van der Waals surface area contributed by atoms with E-state index >= 15 is 0 Å². The van der Waals surface area contributed by atoms with Gasteiger partial charge < -0.3 is 10.0 Å². The van der Waals surface area contributed by atoms with Crippen LogP contribution in [0.3, 0.4) is 0 Å². The van der Waals surface area contributed by atoms with Gasteiger partial charge in [0.1, 0.15) is 5.54 Å². The monoisotopic (exact) mass is 298 g/mol. The largest absolute Gasteiger partial charge is 0.480 e. The van der Waals surface area contributed by atoms with Crippen LogP contribution in [-0.4, -0.2) is 47.2 Å². The topological polar surface area (TPSA) is 52.6 Å². The number of nitrogens with one attached hydrogen (secondary N) is 1. The number of unbranched alkanes of at least 4 members (excludes halogenated alkanes) is 1. The third-order valence-corrected chi connectivity index (χ3v) is 4.55. The van der Waals surface area contributed by atoms with Crippen LogP contribution >= 0.6 is 0 Å². The molecule has 0 aromatic carbocycles. The molecule has 1 saturated heterocycles. The van der Waals surface area contributed by atoms with E-state index in [0.717, 1.165) is 25.3 Å². The Morgan fingerprint density at radius 2 is 2.14 bits per heavy atom. The second-order valence-electron chi connectivity index (χ2n) is 7.14. The number of hydrogen-bond acceptors (Lipinski definition) is 3. The van der Waals surface area contributed by atoms with Gasteiger partial charge in [0, 0.05) is 12.6 Å². The number of hydrogen-bond donors (Lipinski definition) is 2. The fourth-order valence-corrected chi connectivity index (χ4v) is 3.45. The van der Waals surface area contributed by atoms with Crippen molar-refractivity contribution in [3.63, 3.8) is 0 Å². The zero-order valence-electron chi connectivity index (χ0n) is 14.3. The molecule has 1 aliphatic rings. The summed E-state index contributed by atoms with van der Waals surface area (Å²) in [5, 5.41) is 12.6. The molecule has 1 rings (SSSR count). The average molecular weight is 298 g/mol. The highest BCUT2D eigenvalue weighted by Gasteiger charge is 2.32. The second-order valence-corrected chi connectivity index (χ2v) is 7.14. The van der Waals surface area contributed by atoms with Crippen molar-refractivity contribution in [1.29, 1.82) is 0 Å². The first kappa shape index (κ1) is 18.4. The van der Waals surface area contributed by atoms with E-state index in [-0.39, 0.29) is 6.04 Å². The molecule has 0 aliphatic carbocycles. The molecule has 4 heteroatoms. The molecule has 0 aromatic heterocycles. The summed E-state index contributed by atoms with van der Waals surface area (Å²) in [6.07, 6.45) is 6.75. The van der Waals surface area contributed by atoms with Crippen LogP contribution in [0.4, 0.5) is 0 Å². The van der Waals surface area contributed by atoms with Crippen molar-refractivity contribution in [2.24, 2.45) is 5.92 Å². The summed E-state index contributed by atoms with van der Waals surface area (Å²) < 4.78 is 0. The summed E-state index contributed by atoms with van der Waals surface area (Å²) in [5.41, 5.74) is -0.788. The van der Waals surface area contributed by atoms with Crippen molar-refractivity contribution in [2.45, 2.75) is 77.8 Å². The molecule has 4 nitrogen and oxygen atoms in total. The molecule has 0 amide bonds. The van der Waals surface area contributed by atoms with Crippen molar-refractivity contribution in [2.75, 3.05) is 19.6 Å². The molecule has 1 fully saturated rings. The minimum absolute atomic E-state index is 0.194. The minimum atomic E-state index is -0.788. The lowest BCUT2D eigenvalue weighted by Crippen LogP contribution is -2.52. The van der Waals surface area contributed by atoms with Gasteiger partial charge >= 0.3 is 5.97 Å². The van der Waals surface area contributed by atoms with Gasteiger partial charge in [-0.25, -0.2) is 0 Å². The van der Waals surface area contributed by atoms with Crippen molar-refractivity contribution in [3.8, 4) is 0 Å². The molecular weight excluding hydrogens is 264 g/mol. The van der Waals surface area contributed by atoms with Crippen molar-refractivity contribution in [1.82, 2.24) is 10.2 Å². The number of carboxylic acids is 1. The number of likely N-dealkylation sites (tertiary alicyclic amines) is 1. The molecule has 2 unspecified atom stereocenters. The summed E-state index contributed by atoms with van der Waals surface area (Å²) in [6, 6.07) is 0.194. The lowest BCUT2D eigenvalue weighted by atomic mass is 9.94. The summed E-state index contributed by atoms with van der Waals surface area (Å²) in [5.74, 6) is 0.155. The van der Waals surface area contributed by atoms with Crippen LogP contribution in [0.2, 0.25) is 0 Å². The molecule has 21 heavy (non-hydrogen) atoms. The minimum Gasteiger partial charge on any atom is -0.480 e. The summed E-state index contributed by atoms with van der Waals surface area (Å²) in [7, 11) is 0.